The molecule has 0 N–H and O–H groups in total. The predicted octanol–water partition coefficient (Wildman–Crippen LogP) is 7.01. The third-order valence-electron chi connectivity index (χ3n) is 5.70. The maximum atomic E-state index is 14.7. The third kappa shape index (κ3) is 5.62. The Morgan fingerprint density at radius 3 is 1.86 bits per heavy atom. The number of halogens is 7. The van der Waals surface area contributed by atoms with Gasteiger partial charge in [-0.3, -0.25) is 0 Å². The Morgan fingerprint density at radius 1 is 0.811 bits per heavy atom. The molecule has 4 rings (SSSR count). The van der Waals surface area contributed by atoms with E-state index in [0.29, 0.717) is 37.5 Å². The van der Waals surface area contributed by atoms with Crippen molar-refractivity contribution in [3.63, 3.8) is 0 Å². The summed E-state index contributed by atoms with van der Waals surface area (Å²) in [7, 11) is 0. The van der Waals surface area contributed by atoms with Gasteiger partial charge in [0.1, 0.15) is 34.6 Å². The second kappa shape index (κ2) is 10.9. The lowest BCUT2D eigenvalue weighted by Gasteiger charge is -2.29. The normalized spacial score (nSPS) is 17.6. The molecular weight excluding hydrogens is 509 g/mol. The highest BCUT2D eigenvalue weighted by molar-refractivity contribution is 5.91. The zero-order valence-corrected chi connectivity index (χ0v) is 19.2. The van der Waals surface area contributed by atoms with Crippen LogP contribution in [0.5, 0.6) is 5.75 Å². The maximum Gasteiger partial charge on any atom is 0.349 e. The number of rotatable bonds is 6. The Labute approximate surface area is 206 Å². The zero-order valence-electron chi connectivity index (χ0n) is 19.2. The summed E-state index contributed by atoms with van der Waals surface area (Å²) in [4.78, 5) is 12.4. The first kappa shape index (κ1) is 26.6. The first-order chi connectivity index (χ1) is 17.6. The molecule has 0 aliphatic carbocycles. The summed E-state index contributed by atoms with van der Waals surface area (Å²) in [5.41, 5.74) is -2.74. The number of hydrogen-bond acceptors (Lipinski definition) is 4. The summed E-state index contributed by atoms with van der Waals surface area (Å²) >= 11 is 0. The van der Waals surface area contributed by atoms with Gasteiger partial charge in [0.2, 0.25) is 0 Å². The van der Waals surface area contributed by atoms with E-state index < -0.39 is 75.4 Å². The molecule has 0 aromatic heterocycles. The van der Waals surface area contributed by atoms with E-state index in [-0.39, 0.29) is 11.5 Å². The van der Waals surface area contributed by atoms with Crippen molar-refractivity contribution >= 4 is 5.97 Å². The van der Waals surface area contributed by atoms with Crippen LogP contribution < -0.4 is 4.74 Å². The monoisotopic (exact) mass is 528 g/mol. The molecule has 0 atom stereocenters. The summed E-state index contributed by atoms with van der Waals surface area (Å²) in [5, 5.41) is 0. The molecule has 11 heteroatoms. The summed E-state index contributed by atoms with van der Waals surface area (Å²) in [5.74, 6) is -12.9. The fourth-order valence-corrected chi connectivity index (χ4v) is 3.98. The van der Waals surface area contributed by atoms with Crippen molar-refractivity contribution in [2.45, 2.75) is 26.1 Å². The highest BCUT2D eigenvalue weighted by Gasteiger charge is 2.28. The van der Waals surface area contributed by atoms with Crippen LogP contribution in [0.25, 0.3) is 11.1 Å². The van der Waals surface area contributed by atoms with Crippen molar-refractivity contribution in [2.24, 2.45) is 5.92 Å². The summed E-state index contributed by atoms with van der Waals surface area (Å²) in [6.07, 6.45) is 0.737. The second-order valence-corrected chi connectivity index (χ2v) is 8.42. The molecule has 3 aromatic rings. The van der Waals surface area contributed by atoms with Crippen molar-refractivity contribution in [2.75, 3.05) is 13.2 Å². The van der Waals surface area contributed by atoms with E-state index in [0.717, 1.165) is 25.0 Å². The standard InChI is InChI=1S/C26H19F7O4/c1-2-3-12-10-35-26(36-11-12)14-6-16(27)23(17(28)7-14)25(34)37-15-8-18(29)22(19(30)9-15)13-4-20(31)24(33)21(32)5-13/h4-9,12,26H,2-3,10-11H2,1H3. The van der Waals surface area contributed by atoms with E-state index in [4.69, 9.17) is 14.2 Å². The van der Waals surface area contributed by atoms with Crippen LogP contribution in [0.3, 0.4) is 0 Å². The maximum absolute atomic E-state index is 14.7. The van der Waals surface area contributed by atoms with E-state index in [9.17, 15) is 35.5 Å². The minimum absolute atomic E-state index is 0.0123. The molecule has 1 fully saturated rings. The second-order valence-electron chi connectivity index (χ2n) is 8.42. The number of ether oxygens (including phenoxy) is 3. The van der Waals surface area contributed by atoms with Crippen LogP contribution >= 0.6 is 0 Å². The summed E-state index contributed by atoms with van der Waals surface area (Å²) in [6.45, 7) is 2.66. The summed E-state index contributed by atoms with van der Waals surface area (Å²) < 4.78 is 114. The van der Waals surface area contributed by atoms with Gasteiger partial charge in [0, 0.05) is 23.6 Å². The fourth-order valence-electron chi connectivity index (χ4n) is 3.98. The van der Waals surface area contributed by atoms with Gasteiger partial charge in [-0.2, -0.15) is 0 Å². The molecule has 0 bridgehead atoms. The lowest BCUT2D eigenvalue weighted by molar-refractivity contribution is -0.206. The molecular formula is C26H19F7O4. The van der Waals surface area contributed by atoms with Crippen LogP contribution in [0.1, 0.15) is 42.0 Å². The molecule has 1 aliphatic heterocycles. The van der Waals surface area contributed by atoms with E-state index in [2.05, 4.69) is 0 Å². The first-order valence-corrected chi connectivity index (χ1v) is 11.2. The largest absolute Gasteiger partial charge is 0.423 e. The van der Waals surface area contributed by atoms with Gasteiger partial charge in [-0.05, 0) is 36.2 Å². The Morgan fingerprint density at radius 2 is 1.35 bits per heavy atom. The van der Waals surface area contributed by atoms with Crippen molar-refractivity contribution in [1.82, 2.24) is 0 Å². The Bertz CT molecular complexity index is 1270. The smallest absolute Gasteiger partial charge is 0.349 e. The number of carbonyl (C=O) groups excluding carboxylic acids is 1. The molecule has 1 heterocycles. The van der Waals surface area contributed by atoms with Crippen LogP contribution in [-0.4, -0.2) is 19.2 Å². The molecule has 37 heavy (non-hydrogen) atoms. The molecule has 1 aliphatic rings. The molecule has 0 amide bonds. The van der Waals surface area contributed by atoms with Crippen molar-refractivity contribution in [3.8, 4) is 16.9 Å². The van der Waals surface area contributed by atoms with E-state index in [1.54, 1.807) is 0 Å². The number of carbonyl (C=O) groups is 1. The number of esters is 1. The lowest BCUT2D eigenvalue weighted by Crippen LogP contribution is -2.27. The van der Waals surface area contributed by atoms with Gasteiger partial charge in [0.05, 0.1) is 18.8 Å². The Balaban J connectivity index is 1.54. The molecule has 3 aromatic carbocycles. The van der Waals surface area contributed by atoms with E-state index in [1.165, 1.54) is 0 Å². The number of benzene rings is 3. The van der Waals surface area contributed by atoms with Gasteiger partial charge in [-0.1, -0.05) is 13.3 Å². The SMILES string of the molecule is CCCC1COC(c2cc(F)c(C(=O)Oc3cc(F)c(-c4cc(F)c(F)c(F)c4)c(F)c3)c(F)c2)OC1. The summed E-state index contributed by atoms with van der Waals surface area (Å²) in [6, 6.07) is 3.34. The quantitative estimate of drug-likeness (QED) is 0.150. The van der Waals surface area contributed by atoms with Crippen molar-refractivity contribution < 1.29 is 49.7 Å². The van der Waals surface area contributed by atoms with Crippen molar-refractivity contribution in [3.05, 3.63) is 88.2 Å². The van der Waals surface area contributed by atoms with Gasteiger partial charge in [0.15, 0.2) is 23.7 Å². The van der Waals surface area contributed by atoms with Gasteiger partial charge in [0.25, 0.3) is 0 Å². The van der Waals surface area contributed by atoms with Crippen LogP contribution in [0, 0.1) is 46.6 Å². The van der Waals surface area contributed by atoms with Gasteiger partial charge < -0.3 is 14.2 Å². The van der Waals surface area contributed by atoms with Gasteiger partial charge >= 0.3 is 5.97 Å². The molecule has 1 saturated heterocycles. The van der Waals surface area contributed by atoms with Crippen molar-refractivity contribution in [1.29, 1.82) is 0 Å². The zero-order chi connectivity index (χ0) is 26.9. The molecule has 196 valence electrons. The first-order valence-electron chi connectivity index (χ1n) is 11.2. The van der Waals surface area contributed by atoms with E-state index in [1.807, 2.05) is 6.92 Å². The minimum Gasteiger partial charge on any atom is -0.423 e. The third-order valence-corrected chi connectivity index (χ3v) is 5.70. The van der Waals surface area contributed by atoms with Crippen LogP contribution in [0.15, 0.2) is 36.4 Å². The molecule has 0 saturated carbocycles. The average molecular weight is 528 g/mol. The molecule has 0 spiro atoms. The lowest BCUT2D eigenvalue weighted by atomic mass is 10.0. The van der Waals surface area contributed by atoms with Gasteiger partial charge in [-0.15, -0.1) is 0 Å². The van der Waals surface area contributed by atoms with E-state index >= 15 is 0 Å². The van der Waals surface area contributed by atoms with Crippen LogP contribution in [0.2, 0.25) is 0 Å². The van der Waals surface area contributed by atoms with Crippen LogP contribution in [0.4, 0.5) is 30.7 Å². The predicted molar refractivity (Wildman–Crippen MR) is 116 cm³/mol. The number of hydrogen-bond donors (Lipinski definition) is 0. The average Bonchev–Trinajstić information content (AvgIpc) is 2.82. The highest BCUT2D eigenvalue weighted by atomic mass is 19.2. The molecule has 4 nitrogen and oxygen atoms in total. The highest BCUT2D eigenvalue weighted by Crippen LogP contribution is 2.33. The van der Waals surface area contributed by atoms with Gasteiger partial charge in [-0.25, -0.2) is 35.5 Å². The topological polar surface area (TPSA) is 44.8 Å². The molecule has 0 unspecified atom stereocenters. The Hall–Kier alpha value is -3.44. The fraction of sp³-hybridized carbons (Fsp3) is 0.269. The van der Waals surface area contributed by atoms with Crippen LogP contribution in [-0.2, 0) is 9.47 Å². The Kier molecular flexibility index (Phi) is 7.84. The minimum atomic E-state index is -1.83. The molecule has 0 radical (unpaired) electrons.